The van der Waals surface area contributed by atoms with Gasteiger partial charge in [0, 0.05) is 29.3 Å². The van der Waals surface area contributed by atoms with E-state index < -0.39 is 0 Å². The Morgan fingerprint density at radius 3 is 2.68 bits per heavy atom. The molecule has 2 aliphatic rings. The molecule has 1 atom stereocenters. The molecule has 1 unspecified atom stereocenters. The number of nitriles is 1. The first kappa shape index (κ1) is 13.0. The molecule has 1 aromatic rings. The van der Waals surface area contributed by atoms with E-state index in [1.807, 2.05) is 12.1 Å². The lowest BCUT2D eigenvalue weighted by atomic mass is 10.2. The van der Waals surface area contributed by atoms with Crippen LogP contribution in [0, 0.1) is 11.3 Å². The average Bonchev–Trinajstić information content (AvgIpc) is 3.08. The Morgan fingerprint density at radius 1 is 1.16 bits per heavy atom. The highest BCUT2D eigenvalue weighted by molar-refractivity contribution is 9.10. The van der Waals surface area contributed by atoms with E-state index in [4.69, 9.17) is 5.26 Å². The largest absolute Gasteiger partial charge is 0.370 e. The minimum Gasteiger partial charge on any atom is -0.370 e. The molecule has 2 fully saturated rings. The number of hydrogen-bond donors (Lipinski definition) is 0. The van der Waals surface area contributed by atoms with Crippen molar-refractivity contribution >= 4 is 21.6 Å². The molecule has 0 saturated carbocycles. The summed E-state index contributed by atoms with van der Waals surface area (Å²) in [4.78, 5) is 5.04. The summed E-state index contributed by atoms with van der Waals surface area (Å²) < 4.78 is 0.992. The normalized spacial score (nSPS) is 23.8. The van der Waals surface area contributed by atoms with Gasteiger partial charge < -0.3 is 4.90 Å². The summed E-state index contributed by atoms with van der Waals surface area (Å²) in [6.07, 6.45) is 3.95. The first-order chi connectivity index (χ1) is 9.26. The van der Waals surface area contributed by atoms with E-state index in [9.17, 15) is 0 Å². The Balaban J connectivity index is 1.73. The molecule has 1 aromatic carbocycles. The molecule has 0 spiro atoms. The molecule has 0 amide bonds. The van der Waals surface area contributed by atoms with Crippen LogP contribution in [0.25, 0.3) is 0 Å². The number of rotatable bonds is 2. The fourth-order valence-electron chi connectivity index (χ4n) is 3.20. The van der Waals surface area contributed by atoms with Crippen molar-refractivity contribution in [1.82, 2.24) is 4.90 Å². The molecule has 0 N–H and O–H groups in total. The van der Waals surface area contributed by atoms with E-state index >= 15 is 0 Å². The molecule has 4 heteroatoms. The van der Waals surface area contributed by atoms with E-state index in [-0.39, 0.29) is 0 Å². The third-order valence-corrected chi connectivity index (χ3v) is 4.66. The molecule has 0 radical (unpaired) electrons. The fraction of sp³-hybridized carbons (Fsp3) is 0.533. The monoisotopic (exact) mass is 319 g/mol. The Bertz CT molecular complexity index is 503. The zero-order valence-corrected chi connectivity index (χ0v) is 12.6. The summed E-state index contributed by atoms with van der Waals surface area (Å²) in [5.41, 5.74) is 1.90. The molecule has 3 rings (SSSR count). The van der Waals surface area contributed by atoms with Crippen LogP contribution >= 0.6 is 15.9 Å². The number of halogens is 1. The van der Waals surface area contributed by atoms with Gasteiger partial charge in [-0.1, -0.05) is 15.9 Å². The van der Waals surface area contributed by atoms with E-state index in [0.29, 0.717) is 6.04 Å². The topological polar surface area (TPSA) is 30.3 Å². The number of anilines is 1. The number of nitrogens with zero attached hydrogens (tertiary/aromatic N) is 3. The van der Waals surface area contributed by atoms with Crippen LogP contribution in [-0.2, 0) is 0 Å². The summed E-state index contributed by atoms with van der Waals surface area (Å²) in [6.45, 7) is 4.73. The first-order valence-corrected chi connectivity index (χ1v) is 7.75. The molecular formula is C15H18BrN3. The van der Waals surface area contributed by atoms with Crippen molar-refractivity contribution in [2.75, 3.05) is 31.1 Å². The van der Waals surface area contributed by atoms with Crippen LogP contribution < -0.4 is 4.90 Å². The summed E-state index contributed by atoms with van der Waals surface area (Å²) in [5.74, 6) is 0. The molecule has 2 aliphatic heterocycles. The van der Waals surface area contributed by atoms with E-state index in [0.717, 1.165) is 23.1 Å². The number of hydrogen-bond acceptors (Lipinski definition) is 3. The zero-order chi connectivity index (χ0) is 13.2. The minimum absolute atomic E-state index is 0.701. The van der Waals surface area contributed by atoms with E-state index in [2.05, 4.69) is 37.9 Å². The standard InChI is InChI=1S/C15H18BrN3/c16-13-7-12(10-17)8-15(9-13)19-6-3-14(11-19)18-4-1-2-5-18/h7-9,14H,1-6,11H2. The van der Waals surface area contributed by atoms with Gasteiger partial charge in [-0.15, -0.1) is 0 Å². The molecule has 3 nitrogen and oxygen atoms in total. The summed E-state index contributed by atoms with van der Waals surface area (Å²) in [6, 6.07) is 8.92. The quantitative estimate of drug-likeness (QED) is 0.839. The average molecular weight is 320 g/mol. The molecule has 100 valence electrons. The van der Waals surface area contributed by atoms with Gasteiger partial charge in [-0.3, -0.25) is 4.90 Å². The van der Waals surface area contributed by atoms with Crippen molar-refractivity contribution < 1.29 is 0 Å². The summed E-state index contributed by atoms with van der Waals surface area (Å²) in [5, 5.41) is 9.06. The van der Waals surface area contributed by atoms with Crippen LogP contribution in [-0.4, -0.2) is 37.1 Å². The van der Waals surface area contributed by atoms with Gasteiger partial charge in [0.05, 0.1) is 11.6 Å². The highest BCUT2D eigenvalue weighted by atomic mass is 79.9. The van der Waals surface area contributed by atoms with Gasteiger partial charge in [0.25, 0.3) is 0 Å². The van der Waals surface area contributed by atoms with Gasteiger partial charge >= 0.3 is 0 Å². The van der Waals surface area contributed by atoms with Crippen molar-refractivity contribution in [1.29, 1.82) is 5.26 Å². The summed E-state index contributed by atoms with van der Waals surface area (Å²) in [7, 11) is 0. The Labute approximate surface area is 122 Å². The van der Waals surface area contributed by atoms with Gasteiger partial charge in [-0.25, -0.2) is 0 Å². The van der Waals surface area contributed by atoms with Gasteiger partial charge in [-0.05, 0) is 50.6 Å². The maximum atomic E-state index is 9.06. The summed E-state index contributed by atoms with van der Waals surface area (Å²) >= 11 is 3.49. The second kappa shape index (κ2) is 5.52. The minimum atomic E-state index is 0.701. The van der Waals surface area contributed by atoms with Gasteiger partial charge in [-0.2, -0.15) is 5.26 Å². The van der Waals surface area contributed by atoms with Crippen LogP contribution in [0.5, 0.6) is 0 Å². The predicted molar refractivity (Wildman–Crippen MR) is 80.3 cm³/mol. The van der Waals surface area contributed by atoms with Crippen molar-refractivity contribution in [3.8, 4) is 6.07 Å². The van der Waals surface area contributed by atoms with Crippen LogP contribution in [0.3, 0.4) is 0 Å². The highest BCUT2D eigenvalue weighted by Crippen LogP contribution is 2.28. The third-order valence-electron chi connectivity index (χ3n) is 4.20. The van der Waals surface area contributed by atoms with Crippen LogP contribution in [0.1, 0.15) is 24.8 Å². The first-order valence-electron chi connectivity index (χ1n) is 6.96. The lowest BCUT2D eigenvalue weighted by Crippen LogP contribution is -2.35. The van der Waals surface area contributed by atoms with Gasteiger partial charge in [0.1, 0.15) is 0 Å². The SMILES string of the molecule is N#Cc1cc(Br)cc(N2CCC(N3CCCC3)C2)c1. The molecular weight excluding hydrogens is 302 g/mol. The molecule has 2 heterocycles. The zero-order valence-electron chi connectivity index (χ0n) is 11.0. The van der Waals surface area contributed by atoms with Crippen molar-refractivity contribution in [3.63, 3.8) is 0 Å². The highest BCUT2D eigenvalue weighted by Gasteiger charge is 2.29. The van der Waals surface area contributed by atoms with Crippen molar-refractivity contribution in [2.24, 2.45) is 0 Å². The second-order valence-corrected chi connectivity index (χ2v) is 6.36. The van der Waals surface area contributed by atoms with Gasteiger partial charge in [0.15, 0.2) is 0 Å². The molecule has 0 bridgehead atoms. The van der Waals surface area contributed by atoms with Crippen molar-refractivity contribution in [2.45, 2.75) is 25.3 Å². The molecule has 0 aromatic heterocycles. The maximum absolute atomic E-state index is 9.06. The lowest BCUT2D eigenvalue weighted by Gasteiger charge is -2.24. The van der Waals surface area contributed by atoms with E-state index in [1.165, 1.54) is 38.0 Å². The van der Waals surface area contributed by atoms with Gasteiger partial charge in [0.2, 0.25) is 0 Å². The molecule has 0 aliphatic carbocycles. The second-order valence-electron chi connectivity index (χ2n) is 5.44. The Morgan fingerprint density at radius 2 is 1.95 bits per heavy atom. The van der Waals surface area contributed by atoms with Crippen LogP contribution in [0.4, 0.5) is 5.69 Å². The van der Waals surface area contributed by atoms with E-state index in [1.54, 1.807) is 0 Å². The molecule has 19 heavy (non-hydrogen) atoms. The Hall–Kier alpha value is -1.05. The smallest absolute Gasteiger partial charge is 0.0992 e. The predicted octanol–water partition coefficient (Wildman–Crippen LogP) is 3.00. The molecule has 2 saturated heterocycles. The van der Waals surface area contributed by atoms with Crippen molar-refractivity contribution in [3.05, 3.63) is 28.2 Å². The number of likely N-dealkylation sites (tertiary alicyclic amines) is 1. The Kier molecular flexibility index (Phi) is 3.76. The third kappa shape index (κ3) is 2.77. The lowest BCUT2D eigenvalue weighted by molar-refractivity contribution is 0.260. The number of benzene rings is 1. The van der Waals surface area contributed by atoms with Crippen LogP contribution in [0.15, 0.2) is 22.7 Å². The fourth-order valence-corrected chi connectivity index (χ4v) is 3.68. The van der Waals surface area contributed by atoms with Crippen LogP contribution in [0.2, 0.25) is 0 Å². The maximum Gasteiger partial charge on any atom is 0.0992 e.